The first-order valence-corrected chi connectivity index (χ1v) is 13.0. The number of nitrogens with zero attached hydrogens (tertiary/aromatic N) is 5. The van der Waals surface area contributed by atoms with E-state index in [1.807, 2.05) is 6.92 Å². The van der Waals surface area contributed by atoms with Crippen LogP contribution in [0.25, 0.3) is 21.9 Å². The maximum atomic E-state index is 13.9. The van der Waals surface area contributed by atoms with Gasteiger partial charge in [-0.15, -0.1) is 0 Å². The van der Waals surface area contributed by atoms with E-state index in [-0.39, 0.29) is 57.2 Å². The molecule has 4 aromatic rings. The number of alkyl halides is 3. The second-order valence-electron chi connectivity index (χ2n) is 10.9. The predicted molar refractivity (Wildman–Crippen MR) is 144 cm³/mol. The van der Waals surface area contributed by atoms with Gasteiger partial charge in [0.15, 0.2) is 0 Å². The van der Waals surface area contributed by atoms with Crippen molar-refractivity contribution in [2.24, 2.45) is 5.41 Å². The maximum Gasteiger partial charge on any atom is 0.416 e. The average molecular weight is 572 g/mol. The van der Waals surface area contributed by atoms with Crippen molar-refractivity contribution in [3.63, 3.8) is 0 Å². The van der Waals surface area contributed by atoms with Crippen LogP contribution in [0.5, 0.6) is 0 Å². The van der Waals surface area contributed by atoms with Gasteiger partial charge in [0.2, 0.25) is 11.8 Å². The van der Waals surface area contributed by atoms with Gasteiger partial charge in [0.25, 0.3) is 0 Å². The highest BCUT2D eigenvalue weighted by atomic mass is 35.5. The van der Waals surface area contributed by atoms with Gasteiger partial charge in [-0.1, -0.05) is 24.6 Å². The third-order valence-corrected chi connectivity index (χ3v) is 8.31. The summed E-state index contributed by atoms with van der Waals surface area (Å²) in [4.78, 5) is 41.4. The minimum atomic E-state index is -4.57. The number of nitrogens with one attached hydrogen (secondary N) is 1. The lowest BCUT2D eigenvalue weighted by Gasteiger charge is -2.27. The average Bonchev–Trinajstić information content (AvgIpc) is 3.26. The van der Waals surface area contributed by atoms with Crippen LogP contribution in [0.4, 0.5) is 24.8 Å². The third-order valence-electron chi connectivity index (χ3n) is 8.10. The van der Waals surface area contributed by atoms with E-state index in [9.17, 15) is 22.8 Å². The summed E-state index contributed by atoms with van der Waals surface area (Å²) in [5.41, 5.74) is 6.75. The van der Waals surface area contributed by atoms with Crippen molar-refractivity contribution in [2.45, 2.75) is 58.4 Å². The molecule has 1 aromatic carbocycles. The summed E-state index contributed by atoms with van der Waals surface area (Å²) in [7, 11) is 0. The summed E-state index contributed by atoms with van der Waals surface area (Å²) < 4.78 is 42.5. The van der Waals surface area contributed by atoms with Crippen LogP contribution < -0.4 is 11.1 Å². The quantitative estimate of drug-likeness (QED) is 0.337. The molecule has 0 spiro atoms. The fraction of sp³-hybridized carbons (Fsp3) is 0.370. The Morgan fingerprint density at radius 3 is 2.65 bits per heavy atom. The molecule has 3 aromatic heterocycles. The van der Waals surface area contributed by atoms with Gasteiger partial charge in [-0.2, -0.15) is 13.2 Å². The Bertz CT molecular complexity index is 1740. The summed E-state index contributed by atoms with van der Waals surface area (Å²) in [5.74, 6) is -0.393. The first kappa shape index (κ1) is 26.3. The topological polar surface area (TPSA) is 119 Å². The number of likely N-dealkylation sites (tertiary alicyclic amines) is 1. The molecule has 2 amide bonds. The fourth-order valence-corrected chi connectivity index (χ4v) is 6.16. The summed E-state index contributed by atoms with van der Waals surface area (Å²) in [5, 5.41) is 3.50. The number of rotatable bonds is 4. The van der Waals surface area contributed by atoms with Crippen molar-refractivity contribution in [2.75, 3.05) is 11.1 Å². The van der Waals surface area contributed by atoms with Crippen LogP contribution in [-0.2, 0) is 22.3 Å². The van der Waals surface area contributed by atoms with E-state index in [1.54, 1.807) is 35.4 Å². The van der Waals surface area contributed by atoms with Crippen LogP contribution in [0.2, 0.25) is 5.15 Å². The van der Waals surface area contributed by atoms with Crippen LogP contribution in [-0.4, -0.2) is 48.3 Å². The highest BCUT2D eigenvalue weighted by Gasteiger charge is 2.64. The van der Waals surface area contributed by atoms with Gasteiger partial charge in [-0.3, -0.25) is 9.59 Å². The Hall–Kier alpha value is -3.93. The number of pyridine rings is 1. The van der Waals surface area contributed by atoms with E-state index in [1.165, 1.54) is 6.33 Å². The molecule has 0 radical (unpaired) electrons. The van der Waals surface area contributed by atoms with Gasteiger partial charge in [-0.25, -0.2) is 15.0 Å². The molecule has 6 rings (SSSR count). The van der Waals surface area contributed by atoms with E-state index >= 15 is 0 Å². The van der Waals surface area contributed by atoms with E-state index in [0.717, 1.165) is 24.1 Å². The summed E-state index contributed by atoms with van der Waals surface area (Å²) in [6.45, 7) is 5.13. The van der Waals surface area contributed by atoms with Crippen molar-refractivity contribution in [1.29, 1.82) is 0 Å². The van der Waals surface area contributed by atoms with E-state index < -0.39 is 17.8 Å². The predicted octanol–water partition coefficient (Wildman–Crippen LogP) is 4.87. The van der Waals surface area contributed by atoms with Crippen molar-refractivity contribution in [3.05, 3.63) is 52.4 Å². The molecule has 2 aliphatic rings. The molecular formula is C27H25ClF3N7O2. The number of carbonyl (C=O) groups is 2. The van der Waals surface area contributed by atoms with Gasteiger partial charge in [0.1, 0.15) is 41.3 Å². The summed E-state index contributed by atoms with van der Waals surface area (Å²) >= 11 is 6.01. The van der Waals surface area contributed by atoms with E-state index in [4.69, 9.17) is 17.3 Å². The molecule has 0 unspecified atom stereocenters. The van der Waals surface area contributed by atoms with E-state index in [0.29, 0.717) is 23.3 Å². The molecule has 1 saturated carbocycles. The van der Waals surface area contributed by atoms with Gasteiger partial charge < -0.3 is 20.5 Å². The number of nitrogen functional groups attached to an aromatic ring is 1. The number of carbonyl (C=O) groups excluding carboxylic acids is 2. The number of nitrogens with two attached hydrogens (primary N) is 1. The van der Waals surface area contributed by atoms with Gasteiger partial charge >= 0.3 is 6.18 Å². The van der Waals surface area contributed by atoms with Crippen molar-refractivity contribution in [1.82, 2.24) is 24.4 Å². The van der Waals surface area contributed by atoms with Crippen molar-refractivity contribution in [3.8, 4) is 0 Å². The van der Waals surface area contributed by atoms with Crippen LogP contribution in [0, 0.1) is 19.3 Å². The lowest BCUT2D eigenvalue weighted by atomic mass is 10.0. The minimum Gasteiger partial charge on any atom is -0.383 e. The molecular weight excluding hydrogens is 547 g/mol. The second kappa shape index (κ2) is 8.79. The van der Waals surface area contributed by atoms with Gasteiger partial charge in [-0.05, 0) is 61.4 Å². The zero-order valence-electron chi connectivity index (χ0n) is 21.8. The minimum absolute atomic E-state index is 0.0116. The van der Waals surface area contributed by atoms with E-state index in [2.05, 4.69) is 20.3 Å². The number of anilines is 2. The number of hydrogen-bond donors (Lipinski definition) is 2. The van der Waals surface area contributed by atoms with Crippen LogP contribution in [0.3, 0.4) is 0 Å². The molecule has 1 aliphatic heterocycles. The number of aromatic nitrogens is 4. The van der Waals surface area contributed by atoms with Crippen LogP contribution >= 0.6 is 11.6 Å². The Morgan fingerprint density at radius 2 is 1.93 bits per heavy atom. The van der Waals surface area contributed by atoms with Gasteiger partial charge in [0, 0.05) is 11.4 Å². The number of amides is 2. The largest absolute Gasteiger partial charge is 0.416 e. The van der Waals surface area contributed by atoms with Crippen molar-refractivity contribution >= 4 is 57.0 Å². The number of benzene rings is 1. The van der Waals surface area contributed by atoms with Crippen LogP contribution in [0.15, 0.2) is 30.6 Å². The molecule has 1 aliphatic carbocycles. The van der Waals surface area contributed by atoms with Gasteiger partial charge in [0.05, 0.1) is 16.5 Å². The number of fused-ring (bicyclic) bond motifs is 4. The first-order valence-electron chi connectivity index (χ1n) is 12.6. The Labute approximate surface area is 231 Å². The Kier molecular flexibility index (Phi) is 5.78. The molecule has 208 valence electrons. The SMILES string of the molecule is Cc1ccc(Cl)nc1NC(=O)[C@@H]1C[C@@]2(C)C[C@H]2N1C(=O)Cn1c2ncnc(N)c2c2cc(C(F)(F)F)cc(C)c21. The number of halogens is 4. The molecule has 0 bridgehead atoms. The zero-order valence-corrected chi connectivity index (χ0v) is 22.6. The molecule has 3 atom stereocenters. The van der Waals surface area contributed by atoms with Crippen molar-refractivity contribution < 1.29 is 22.8 Å². The molecule has 1 saturated heterocycles. The lowest BCUT2D eigenvalue weighted by molar-refractivity contribution is -0.138. The molecule has 40 heavy (non-hydrogen) atoms. The zero-order chi connectivity index (χ0) is 28.7. The number of aryl methyl sites for hydroxylation is 2. The standard InChI is InChI=1S/C27H25ClF3N7O2/c1-12-4-5-18(28)35-23(12)36-25(40)16-8-26(3)9-17(26)38(16)19(39)10-37-21-13(2)6-14(27(29,30)31)7-15(21)20-22(32)33-11-34-24(20)37/h4-7,11,16-17H,8-10H2,1-3H3,(H2,32,33,34)(H,35,36,40)/t16-,17+,26-/m0/s1. The highest BCUT2D eigenvalue weighted by Crippen LogP contribution is 2.59. The summed E-state index contributed by atoms with van der Waals surface area (Å²) in [6, 6.07) is 4.53. The molecule has 3 N–H and O–H groups in total. The monoisotopic (exact) mass is 571 g/mol. The molecule has 13 heteroatoms. The third kappa shape index (κ3) is 4.12. The second-order valence-corrected chi connectivity index (χ2v) is 11.3. The maximum absolute atomic E-state index is 13.9. The molecule has 4 heterocycles. The first-order chi connectivity index (χ1) is 18.8. The fourth-order valence-electron chi connectivity index (χ4n) is 6.01. The number of hydrogen-bond acceptors (Lipinski definition) is 6. The van der Waals surface area contributed by atoms with Crippen LogP contribution in [0.1, 0.15) is 36.5 Å². The number of piperidine rings is 1. The Morgan fingerprint density at radius 1 is 1.18 bits per heavy atom. The highest BCUT2D eigenvalue weighted by molar-refractivity contribution is 6.29. The smallest absolute Gasteiger partial charge is 0.383 e. The lowest BCUT2D eigenvalue weighted by Crippen LogP contribution is -2.46. The Balaban J connectivity index is 1.39. The normalized spacial score (nSPS) is 22.1. The summed E-state index contributed by atoms with van der Waals surface area (Å²) in [6.07, 6.45) is -2.13. The molecule has 2 fully saturated rings. The molecule has 9 nitrogen and oxygen atoms in total.